The Morgan fingerprint density at radius 2 is 1.92 bits per heavy atom. The van der Waals surface area contributed by atoms with E-state index in [1.54, 1.807) is 6.07 Å². The molecule has 1 aromatic carbocycles. The van der Waals surface area contributed by atoms with E-state index in [4.69, 9.17) is 4.74 Å². The van der Waals surface area contributed by atoms with Crippen molar-refractivity contribution in [3.05, 3.63) is 42.2 Å². The largest absolute Gasteiger partial charge is 0.378 e. The maximum absolute atomic E-state index is 13.5. The van der Waals surface area contributed by atoms with E-state index in [-0.39, 0.29) is 11.5 Å². The molecular weight excluding hydrogens is 320 g/mol. The Kier molecular flexibility index (Phi) is 4.80. The third-order valence-electron chi connectivity index (χ3n) is 3.41. The number of carbonyl (C=O) groups is 1. The molecule has 1 aromatic heterocycles. The average molecular weight is 335 g/mol. The molecule has 0 spiro atoms. The molecule has 126 valence electrons. The lowest BCUT2D eigenvalue weighted by Crippen LogP contribution is -2.36. The SMILES string of the molecule is O=C(Nc1cc(N2CCOCC2)ncn1)Nc1ccc(F)cc1F. The van der Waals surface area contributed by atoms with Gasteiger partial charge in [-0.15, -0.1) is 0 Å². The molecule has 2 N–H and O–H groups in total. The molecule has 0 aliphatic carbocycles. The van der Waals surface area contributed by atoms with Gasteiger partial charge >= 0.3 is 6.03 Å². The lowest BCUT2D eigenvalue weighted by atomic mass is 10.3. The number of hydrogen-bond acceptors (Lipinski definition) is 5. The zero-order valence-electron chi connectivity index (χ0n) is 12.6. The van der Waals surface area contributed by atoms with E-state index in [1.165, 1.54) is 6.33 Å². The predicted molar refractivity (Wildman–Crippen MR) is 84.1 cm³/mol. The van der Waals surface area contributed by atoms with Crippen molar-refractivity contribution < 1.29 is 18.3 Å². The number of amides is 2. The van der Waals surface area contributed by atoms with Gasteiger partial charge in [0.15, 0.2) is 0 Å². The number of carbonyl (C=O) groups excluding carboxylic acids is 1. The number of nitrogens with one attached hydrogen (secondary N) is 2. The smallest absolute Gasteiger partial charge is 0.324 e. The summed E-state index contributed by atoms with van der Waals surface area (Å²) in [6.45, 7) is 2.61. The van der Waals surface area contributed by atoms with Crippen LogP contribution in [0.2, 0.25) is 0 Å². The summed E-state index contributed by atoms with van der Waals surface area (Å²) in [5, 5.41) is 4.79. The molecule has 0 bridgehead atoms. The van der Waals surface area contributed by atoms with Crippen molar-refractivity contribution in [2.45, 2.75) is 0 Å². The minimum atomic E-state index is -0.859. The second-order valence-corrected chi connectivity index (χ2v) is 5.06. The second-order valence-electron chi connectivity index (χ2n) is 5.06. The lowest BCUT2D eigenvalue weighted by Gasteiger charge is -2.27. The van der Waals surface area contributed by atoms with Crippen molar-refractivity contribution in [2.75, 3.05) is 41.8 Å². The Morgan fingerprint density at radius 3 is 2.67 bits per heavy atom. The normalized spacial score (nSPS) is 14.3. The first-order valence-electron chi connectivity index (χ1n) is 7.29. The Labute approximate surface area is 136 Å². The molecule has 7 nitrogen and oxygen atoms in total. The number of anilines is 3. The fourth-order valence-corrected chi connectivity index (χ4v) is 2.24. The van der Waals surface area contributed by atoms with Crippen LogP contribution < -0.4 is 15.5 Å². The quantitative estimate of drug-likeness (QED) is 0.899. The minimum absolute atomic E-state index is 0.128. The molecule has 9 heteroatoms. The molecule has 1 aliphatic rings. The highest BCUT2D eigenvalue weighted by Crippen LogP contribution is 2.17. The van der Waals surface area contributed by atoms with E-state index < -0.39 is 17.7 Å². The molecule has 0 saturated carbocycles. The summed E-state index contributed by atoms with van der Waals surface area (Å²) in [4.78, 5) is 22.1. The number of benzene rings is 1. The standard InChI is InChI=1S/C15H15F2N5O2/c16-10-1-2-12(11(17)7-10)20-15(23)21-13-8-14(19-9-18-13)22-3-5-24-6-4-22/h1-2,7-9H,3-6H2,(H2,18,19,20,21,23). The van der Waals surface area contributed by atoms with Gasteiger partial charge in [-0.25, -0.2) is 23.5 Å². The van der Waals surface area contributed by atoms with Crippen LogP contribution in [-0.2, 0) is 4.74 Å². The monoisotopic (exact) mass is 335 g/mol. The van der Waals surface area contributed by atoms with Gasteiger partial charge in [0, 0.05) is 25.2 Å². The molecule has 1 fully saturated rings. The van der Waals surface area contributed by atoms with E-state index >= 15 is 0 Å². The number of morpholine rings is 1. The number of urea groups is 1. The number of halogens is 2. The van der Waals surface area contributed by atoms with Gasteiger partial charge in [0.05, 0.1) is 18.9 Å². The highest BCUT2D eigenvalue weighted by molar-refractivity contribution is 5.99. The van der Waals surface area contributed by atoms with Gasteiger partial charge < -0.3 is 15.0 Å². The summed E-state index contributed by atoms with van der Waals surface area (Å²) in [6.07, 6.45) is 1.33. The van der Waals surface area contributed by atoms with Crippen LogP contribution in [0.5, 0.6) is 0 Å². The van der Waals surface area contributed by atoms with Gasteiger partial charge in [0.2, 0.25) is 0 Å². The second kappa shape index (κ2) is 7.18. The molecule has 3 rings (SSSR count). The Bertz CT molecular complexity index is 738. The molecule has 24 heavy (non-hydrogen) atoms. The number of nitrogens with zero attached hydrogens (tertiary/aromatic N) is 3. The van der Waals surface area contributed by atoms with Crippen LogP contribution in [0.1, 0.15) is 0 Å². The van der Waals surface area contributed by atoms with Gasteiger partial charge in [-0.2, -0.15) is 0 Å². The molecule has 0 radical (unpaired) electrons. The minimum Gasteiger partial charge on any atom is -0.378 e. The molecular formula is C15H15F2N5O2. The van der Waals surface area contributed by atoms with Crippen LogP contribution in [0, 0.1) is 11.6 Å². The van der Waals surface area contributed by atoms with E-state index in [1.807, 2.05) is 4.90 Å². The van der Waals surface area contributed by atoms with Gasteiger partial charge in [-0.05, 0) is 12.1 Å². The van der Waals surface area contributed by atoms with Crippen LogP contribution in [0.15, 0.2) is 30.6 Å². The van der Waals surface area contributed by atoms with Crippen LogP contribution >= 0.6 is 0 Å². The van der Waals surface area contributed by atoms with Crippen molar-refractivity contribution in [1.29, 1.82) is 0 Å². The first kappa shape index (κ1) is 16.1. The fourth-order valence-electron chi connectivity index (χ4n) is 2.24. The maximum Gasteiger partial charge on any atom is 0.324 e. The maximum atomic E-state index is 13.5. The van der Waals surface area contributed by atoms with Gasteiger partial charge in [0.25, 0.3) is 0 Å². The number of hydrogen-bond donors (Lipinski definition) is 2. The highest BCUT2D eigenvalue weighted by Gasteiger charge is 2.14. The molecule has 1 aliphatic heterocycles. The Morgan fingerprint density at radius 1 is 1.12 bits per heavy atom. The van der Waals surface area contributed by atoms with E-state index in [2.05, 4.69) is 20.6 Å². The lowest BCUT2D eigenvalue weighted by molar-refractivity contribution is 0.122. The van der Waals surface area contributed by atoms with Crippen LogP contribution in [0.3, 0.4) is 0 Å². The van der Waals surface area contributed by atoms with Crippen molar-refractivity contribution >= 4 is 23.4 Å². The van der Waals surface area contributed by atoms with Gasteiger partial charge in [-0.1, -0.05) is 0 Å². The van der Waals surface area contributed by atoms with E-state index in [0.29, 0.717) is 38.2 Å². The van der Waals surface area contributed by atoms with Gasteiger partial charge in [0.1, 0.15) is 29.6 Å². The number of ether oxygens (including phenoxy) is 1. The topological polar surface area (TPSA) is 79.4 Å². The molecule has 2 heterocycles. The fraction of sp³-hybridized carbons (Fsp3) is 0.267. The zero-order chi connectivity index (χ0) is 16.9. The van der Waals surface area contributed by atoms with Crippen LogP contribution in [0.4, 0.5) is 30.9 Å². The molecule has 1 saturated heterocycles. The number of aromatic nitrogens is 2. The summed E-state index contributed by atoms with van der Waals surface area (Å²) in [5.41, 5.74) is -0.128. The molecule has 2 aromatic rings. The highest BCUT2D eigenvalue weighted by atomic mass is 19.1. The van der Waals surface area contributed by atoms with Crippen molar-refractivity contribution in [3.8, 4) is 0 Å². The first-order chi connectivity index (χ1) is 11.6. The van der Waals surface area contributed by atoms with E-state index in [9.17, 15) is 13.6 Å². The molecule has 0 atom stereocenters. The first-order valence-corrected chi connectivity index (χ1v) is 7.29. The summed E-state index contributed by atoms with van der Waals surface area (Å²) in [7, 11) is 0. The third kappa shape index (κ3) is 3.93. The predicted octanol–water partition coefficient (Wildman–Crippen LogP) is 2.24. The van der Waals surface area contributed by atoms with Crippen molar-refractivity contribution in [1.82, 2.24) is 9.97 Å². The summed E-state index contributed by atoms with van der Waals surface area (Å²) >= 11 is 0. The summed E-state index contributed by atoms with van der Waals surface area (Å²) in [5.74, 6) is -0.644. The Hall–Kier alpha value is -2.81. The van der Waals surface area contributed by atoms with Crippen LogP contribution in [0.25, 0.3) is 0 Å². The zero-order valence-corrected chi connectivity index (χ0v) is 12.6. The van der Waals surface area contributed by atoms with Crippen LogP contribution in [-0.4, -0.2) is 42.3 Å². The van der Waals surface area contributed by atoms with E-state index in [0.717, 1.165) is 12.1 Å². The third-order valence-corrected chi connectivity index (χ3v) is 3.41. The number of rotatable bonds is 3. The summed E-state index contributed by atoms with van der Waals surface area (Å²) in [6, 6.07) is 3.82. The van der Waals surface area contributed by atoms with Crippen molar-refractivity contribution in [3.63, 3.8) is 0 Å². The molecule has 2 amide bonds. The summed E-state index contributed by atoms with van der Waals surface area (Å²) < 4.78 is 31.7. The van der Waals surface area contributed by atoms with Gasteiger partial charge in [-0.3, -0.25) is 5.32 Å². The average Bonchev–Trinajstić information content (AvgIpc) is 2.58. The van der Waals surface area contributed by atoms with Crippen molar-refractivity contribution in [2.24, 2.45) is 0 Å². The molecule has 0 unspecified atom stereocenters. The Balaban J connectivity index is 1.65.